The van der Waals surface area contributed by atoms with Gasteiger partial charge in [0.15, 0.2) is 11.6 Å². The lowest BCUT2D eigenvalue weighted by atomic mass is 10.3. The van der Waals surface area contributed by atoms with Crippen LogP contribution < -0.4 is 0 Å². The van der Waals surface area contributed by atoms with Crippen LogP contribution in [-0.2, 0) is 9.59 Å². The van der Waals surface area contributed by atoms with Crippen LogP contribution in [0.3, 0.4) is 0 Å². The normalized spacial score (nSPS) is 7.83. The monoisotopic (exact) mass is 165 g/mol. The van der Waals surface area contributed by atoms with Gasteiger partial charge in [0.25, 0.3) is 0 Å². The molecule has 0 saturated carbocycles. The average molecular weight is 165 g/mol. The molecule has 0 radical (unpaired) electrons. The fraction of sp³-hybridized carbons (Fsp3) is 0.222. The van der Waals surface area contributed by atoms with Gasteiger partial charge in [-0.3, -0.25) is 14.6 Å². The van der Waals surface area contributed by atoms with E-state index < -0.39 is 0 Å². The quantitative estimate of drug-likeness (QED) is 0.588. The molecule has 0 aliphatic carbocycles. The van der Waals surface area contributed by atoms with Crippen LogP contribution in [-0.4, -0.2) is 16.6 Å². The number of nitrogens with zero attached hydrogens (tertiary/aromatic N) is 1. The summed E-state index contributed by atoms with van der Waals surface area (Å²) in [6.45, 7) is 2.50. The largest absolute Gasteiger partial charge is 0.291 e. The Morgan fingerprint density at radius 3 is 1.42 bits per heavy atom. The van der Waals surface area contributed by atoms with Crippen molar-refractivity contribution in [2.75, 3.05) is 0 Å². The van der Waals surface area contributed by atoms with E-state index in [1.165, 1.54) is 13.8 Å². The van der Waals surface area contributed by atoms with E-state index in [4.69, 9.17) is 0 Å². The number of rotatable bonds is 1. The maximum atomic E-state index is 9.79. The summed E-state index contributed by atoms with van der Waals surface area (Å²) in [5, 5.41) is 0. The molecule has 64 valence electrons. The summed E-state index contributed by atoms with van der Waals surface area (Å²) in [4.78, 5) is 23.4. The Bertz CT molecular complexity index is 205. The van der Waals surface area contributed by atoms with Crippen molar-refractivity contribution in [2.24, 2.45) is 0 Å². The highest BCUT2D eigenvalue weighted by Gasteiger charge is 1.94. The zero-order valence-electron chi connectivity index (χ0n) is 7.15. The third kappa shape index (κ3) is 6.61. The SMILES string of the molecule is CC(=O)C(C)=O.c1ccncc1. The van der Waals surface area contributed by atoms with Gasteiger partial charge < -0.3 is 0 Å². The maximum Gasteiger partial charge on any atom is 0.195 e. The molecule has 0 atom stereocenters. The van der Waals surface area contributed by atoms with Gasteiger partial charge in [-0.15, -0.1) is 0 Å². The molecular weight excluding hydrogens is 154 g/mol. The van der Waals surface area contributed by atoms with E-state index in [9.17, 15) is 9.59 Å². The van der Waals surface area contributed by atoms with E-state index >= 15 is 0 Å². The molecular formula is C9H11NO2. The number of Topliss-reactive ketones (excluding diaryl/α,β-unsaturated/α-hetero) is 2. The van der Waals surface area contributed by atoms with E-state index in [1.807, 2.05) is 18.2 Å². The first-order chi connectivity index (χ1) is 5.64. The van der Waals surface area contributed by atoms with E-state index in [-0.39, 0.29) is 11.6 Å². The minimum absolute atomic E-state index is 0.380. The topological polar surface area (TPSA) is 47.0 Å². The second-order valence-corrected chi connectivity index (χ2v) is 2.14. The Morgan fingerprint density at radius 2 is 1.33 bits per heavy atom. The van der Waals surface area contributed by atoms with Gasteiger partial charge in [0, 0.05) is 26.2 Å². The summed E-state index contributed by atoms with van der Waals surface area (Å²) in [7, 11) is 0. The lowest BCUT2D eigenvalue weighted by Crippen LogP contribution is -2.01. The summed E-state index contributed by atoms with van der Waals surface area (Å²) < 4.78 is 0. The number of aromatic nitrogens is 1. The Morgan fingerprint density at radius 1 is 0.917 bits per heavy atom. The van der Waals surface area contributed by atoms with Crippen molar-refractivity contribution in [1.82, 2.24) is 4.98 Å². The zero-order chi connectivity index (χ0) is 9.40. The third-order valence-corrected chi connectivity index (χ3v) is 1.06. The number of hydrogen-bond acceptors (Lipinski definition) is 3. The van der Waals surface area contributed by atoms with Crippen LogP contribution in [0.1, 0.15) is 13.8 Å². The Kier molecular flexibility index (Phi) is 5.43. The van der Waals surface area contributed by atoms with Gasteiger partial charge >= 0.3 is 0 Å². The summed E-state index contributed by atoms with van der Waals surface area (Å²) in [6, 6.07) is 5.72. The molecule has 0 amide bonds. The lowest BCUT2D eigenvalue weighted by molar-refractivity contribution is -0.134. The second-order valence-electron chi connectivity index (χ2n) is 2.14. The van der Waals surface area contributed by atoms with E-state index in [2.05, 4.69) is 4.98 Å². The first-order valence-electron chi connectivity index (χ1n) is 3.51. The molecule has 0 bridgehead atoms. The van der Waals surface area contributed by atoms with Crippen molar-refractivity contribution in [1.29, 1.82) is 0 Å². The summed E-state index contributed by atoms with van der Waals surface area (Å²) in [5.41, 5.74) is 0. The van der Waals surface area contributed by atoms with Crippen LogP contribution >= 0.6 is 0 Å². The molecule has 12 heavy (non-hydrogen) atoms. The first-order valence-corrected chi connectivity index (χ1v) is 3.51. The van der Waals surface area contributed by atoms with E-state index in [0.29, 0.717) is 0 Å². The summed E-state index contributed by atoms with van der Waals surface area (Å²) in [6.07, 6.45) is 3.50. The van der Waals surface area contributed by atoms with Crippen LogP contribution in [0.2, 0.25) is 0 Å². The highest BCUT2D eigenvalue weighted by atomic mass is 16.2. The van der Waals surface area contributed by atoms with Crippen molar-refractivity contribution >= 4 is 11.6 Å². The van der Waals surface area contributed by atoms with Crippen molar-refractivity contribution in [3.8, 4) is 0 Å². The van der Waals surface area contributed by atoms with Crippen molar-refractivity contribution in [2.45, 2.75) is 13.8 Å². The minimum atomic E-state index is -0.380. The van der Waals surface area contributed by atoms with Gasteiger partial charge in [-0.05, 0) is 12.1 Å². The van der Waals surface area contributed by atoms with Gasteiger partial charge in [-0.1, -0.05) is 6.07 Å². The van der Waals surface area contributed by atoms with E-state index in [0.717, 1.165) is 0 Å². The van der Waals surface area contributed by atoms with Gasteiger partial charge in [-0.25, -0.2) is 0 Å². The number of ketones is 2. The smallest absolute Gasteiger partial charge is 0.195 e. The predicted octanol–water partition coefficient (Wildman–Crippen LogP) is 1.25. The van der Waals surface area contributed by atoms with Gasteiger partial charge in [0.2, 0.25) is 0 Å². The van der Waals surface area contributed by atoms with Gasteiger partial charge in [0.05, 0.1) is 0 Å². The standard InChI is InChI=1S/C5H5N.C4H6O2/c1-2-4-6-5-3-1;1-3(5)4(2)6/h1-5H;1-2H3. The Labute approximate surface area is 71.4 Å². The molecule has 0 saturated heterocycles. The summed E-state index contributed by atoms with van der Waals surface area (Å²) >= 11 is 0. The third-order valence-electron chi connectivity index (χ3n) is 1.06. The zero-order valence-corrected chi connectivity index (χ0v) is 7.15. The van der Waals surface area contributed by atoms with Crippen molar-refractivity contribution in [3.63, 3.8) is 0 Å². The van der Waals surface area contributed by atoms with Crippen LogP contribution in [0, 0.1) is 0 Å². The molecule has 0 N–H and O–H groups in total. The van der Waals surface area contributed by atoms with Crippen molar-refractivity contribution in [3.05, 3.63) is 30.6 Å². The van der Waals surface area contributed by atoms with Gasteiger partial charge in [0.1, 0.15) is 0 Å². The van der Waals surface area contributed by atoms with Gasteiger partial charge in [-0.2, -0.15) is 0 Å². The fourth-order valence-electron chi connectivity index (χ4n) is 0.313. The molecule has 0 aromatic carbocycles. The second kappa shape index (κ2) is 6.22. The molecule has 0 fully saturated rings. The average Bonchev–Trinajstić information content (AvgIpc) is 2.08. The molecule has 3 nitrogen and oxygen atoms in total. The molecule has 1 rings (SSSR count). The molecule has 0 spiro atoms. The Balaban J connectivity index is 0.000000202. The highest BCUT2D eigenvalue weighted by Crippen LogP contribution is 1.73. The number of carbonyl (C=O) groups excluding carboxylic acids is 2. The molecule has 0 aliphatic heterocycles. The van der Waals surface area contributed by atoms with Crippen LogP contribution in [0.5, 0.6) is 0 Å². The molecule has 1 heterocycles. The van der Waals surface area contributed by atoms with Crippen molar-refractivity contribution < 1.29 is 9.59 Å². The van der Waals surface area contributed by atoms with E-state index in [1.54, 1.807) is 12.4 Å². The maximum absolute atomic E-state index is 9.79. The number of carbonyl (C=O) groups is 2. The Hall–Kier alpha value is -1.51. The minimum Gasteiger partial charge on any atom is -0.291 e. The van der Waals surface area contributed by atoms with Crippen LogP contribution in [0.25, 0.3) is 0 Å². The van der Waals surface area contributed by atoms with Crippen LogP contribution in [0.4, 0.5) is 0 Å². The fourth-order valence-corrected chi connectivity index (χ4v) is 0.313. The molecule has 1 aromatic heterocycles. The van der Waals surface area contributed by atoms with Crippen LogP contribution in [0.15, 0.2) is 30.6 Å². The molecule has 0 aliphatic rings. The molecule has 1 aromatic rings. The molecule has 0 unspecified atom stereocenters. The molecule has 3 heteroatoms. The lowest BCUT2D eigenvalue weighted by Gasteiger charge is -1.73. The number of hydrogen-bond donors (Lipinski definition) is 0. The number of pyridine rings is 1. The highest BCUT2D eigenvalue weighted by molar-refractivity contribution is 6.35. The predicted molar refractivity (Wildman–Crippen MR) is 45.6 cm³/mol. The first kappa shape index (κ1) is 10.5. The summed E-state index contributed by atoms with van der Waals surface area (Å²) in [5.74, 6) is -0.759.